The van der Waals surface area contributed by atoms with Gasteiger partial charge >= 0.3 is 0 Å². The summed E-state index contributed by atoms with van der Waals surface area (Å²) in [6, 6.07) is 8.96. The highest BCUT2D eigenvalue weighted by Gasteiger charge is 2.13. The van der Waals surface area contributed by atoms with E-state index in [1.807, 2.05) is 25.1 Å². The smallest absolute Gasteiger partial charge is 0.126 e. The highest BCUT2D eigenvalue weighted by atomic mass is 35.5. The van der Waals surface area contributed by atoms with Gasteiger partial charge in [0, 0.05) is 18.4 Å². The largest absolute Gasteiger partial charge is 0.314 e. The minimum atomic E-state index is -0.156. The number of hydrogen-bond donors (Lipinski definition) is 1. The average Bonchev–Trinajstić information content (AvgIpc) is 2.44. The van der Waals surface area contributed by atoms with Crippen molar-refractivity contribution in [2.24, 2.45) is 0 Å². The number of halogens is 2. The summed E-state index contributed by atoms with van der Waals surface area (Å²) >= 11 is 6.14. The van der Waals surface area contributed by atoms with E-state index in [1.165, 1.54) is 6.07 Å². The molecule has 1 aromatic carbocycles. The van der Waals surface area contributed by atoms with E-state index in [9.17, 15) is 4.39 Å². The molecule has 4 heteroatoms. The van der Waals surface area contributed by atoms with Crippen molar-refractivity contribution < 1.29 is 4.39 Å². The minimum absolute atomic E-state index is 0.150. The lowest BCUT2D eigenvalue weighted by Gasteiger charge is -2.19. The summed E-state index contributed by atoms with van der Waals surface area (Å²) in [5.74, 6) is -0.156. The molecule has 0 amide bonds. The fourth-order valence-corrected chi connectivity index (χ4v) is 2.47. The van der Waals surface area contributed by atoms with E-state index in [2.05, 4.69) is 10.3 Å². The Morgan fingerprint density at radius 1 is 1.20 bits per heavy atom. The molecule has 1 atom stereocenters. The summed E-state index contributed by atoms with van der Waals surface area (Å²) in [6.07, 6.45) is 4.76. The van der Waals surface area contributed by atoms with Gasteiger partial charge in [-0.1, -0.05) is 36.7 Å². The molecule has 1 heterocycles. The van der Waals surface area contributed by atoms with E-state index in [0.29, 0.717) is 11.4 Å². The zero-order valence-electron chi connectivity index (χ0n) is 11.4. The summed E-state index contributed by atoms with van der Waals surface area (Å²) in [5.41, 5.74) is 1.76. The molecule has 0 fully saturated rings. The Balaban J connectivity index is 2.12. The molecule has 2 aromatic rings. The van der Waals surface area contributed by atoms with Crippen LogP contribution >= 0.6 is 11.6 Å². The van der Waals surface area contributed by atoms with Crippen molar-refractivity contribution >= 4 is 11.6 Å². The number of hydrogen-bond acceptors (Lipinski definition) is 2. The Hall–Kier alpha value is -1.45. The molecular formula is C16H18ClFN2. The normalized spacial score (nSPS) is 12.3. The molecule has 0 spiro atoms. The van der Waals surface area contributed by atoms with Crippen LogP contribution < -0.4 is 5.32 Å². The molecule has 0 radical (unpaired) electrons. The summed E-state index contributed by atoms with van der Waals surface area (Å²) in [5, 5.41) is 4.04. The van der Waals surface area contributed by atoms with E-state index in [-0.39, 0.29) is 11.9 Å². The monoisotopic (exact) mass is 292 g/mol. The lowest BCUT2D eigenvalue weighted by atomic mass is 9.99. The van der Waals surface area contributed by atoms with Crippen LogP contribution in [0.25, 0.3) is 0 Å². The quantitative estimate of drug-likeness (QED) is 0.879. The van der Waals surface area contributed by atoms with Gasteiger partial charge in [-0.3, -0.25) is 4.98 Å². The van der Waals surface area contributed by atoms with Gasteiger partial charge in [0.05, 0.1) is 5.02 Å². The molecule has 0 aliphatic heterocycles. The predicted molar refractivity (Wildman–Crippen MR) is 80.5 cm³/mol. The molecule has 0 saturated heterocycles. The molecule has 0 aliphatic carbocycles. The van der Waals surface area contributed by atoms with Gasteiger partial charge in [0.15, 0.2) is 0 Å². The molecule has 2 rings (SSSR count). The second kappa shape index (κ2) is 7.36. The molecule has 0 aliphatic rings. The van der Waals surface area contributed by atoms with Gasteiger partial charge in [-0.05, 0) is 42.6 Å². The number of rotatable bonds is 6. The second-order valence-electron chi connectivity index (χ2n) is 4.72. The molecule has 106 valence electrons. The summed E-state index contributed by atoms with van der Waals surface area (Å²) in [6.45, 7) is 2.88. The Kier molecular flexibility index (Phi) is 5.50. The molecule has 20 heavy (non-hydrogen) atoms. The maximum absolute atomic E-state index is 13.7. The van der Waals surface area contributed by atoms with Crippen LogP contribution in [0.5, 0.6) is 0 Å². The van der Waals surface area contributed by atoms with Crippen LogP contribution in [-0.2, 0) is 12.8 Å². The van der Waals surface area contributed by atoms with Crippen molar-refractivity contribution in [3.8, 4) is 0 Å². The number of aromatic nitrogens is 1. The Bertz CT molecular complexity index is 512. The predicted octanol–water partition coefficient (Wildman–Crippen LogP) is 3.64. The third-order valence-electron chi connectivity index (χ3n) is 3.24. The molecule has 1 unspecified atom stereocenters. The minimum Gasteiger partial charge on any atom is -0.314 e. The van der Waals surface area contributed by atoms with Crippen molar-refractivity contribution in [2.75, 3.05) is 6.54 Å². The SMILES string of the molecule is CCNC(Cc1ccccc1F)Cc1ccncc1Cl. The zero-order valence-corrected chi connectivity index (χ0v) is 12.2. The van der Waals surface area contributed by atoms with Crippen LogP contribution in [0.1, 0.15) is 18.1 Å². The third-order valence-corrected chi connectivity index (χ3v) is 3.58. The fraction of sp³-hybridized carbons (Fsp3) is 0.312. The van der Waals surface area contributed by atoms with E-state index in [0.717, 1.165) is 24.1 Å². The number of likely N-dealkylation sites (N-methyl/N-ethyl adjacent to an activating group) is 1. The van der Waals surface area contributed by atoms with Crippen molar-refractivity contribution in [1.82, 2.24) is 10.3 Å². The standard InChI is InChI=1S/C16H18ClFN2/c1-2-20-14(9-12-7-8-19-11-15(12)17)10-13-5-3-4-6-16(13)18/h3-8,11,14,20H,2,9-10H2,1H3. The van der Waals surface area contributed by atoms with E-state index in [1.54, 1.807) is 18.5 Å². The van der Waals surface area contributed by atoms with Crippen molar-refractivity contribution in [3.63, 3.8) is 0 Å². The summed E-state index contributed by atoms with van der Waals surface area (Å²) < 4.78 is 13.7. The van der Waals surface area contributed by atoms with Crippen LogP contribution in [0, 0.1) is 5.82 Å². The maximum atomic E-state index is 13.7. The number of pyridine rings is 1. The average molecular weight is 293 g/mol. The summed E-state index contributed by atoms with van der Waals surface area (Å²) in [7, 11) is 0. The fourth-order valence-electron chi connectivity index (χ4n) is 2.27. The van der Waals surface area contributed by atoms with E-state index in [4.69, 9.17) is 11.6 Å². The van der Waals surface area contributed by atoms with Crippen LogP contribution in [0.3, 0.4) is 0 Å². The molecule has 0 saturated carbocycles. The second-order valence-corrected chi connectivity index (χ2v) is 5.13. The molecule has 2 nitrogen and oxygen atoms in total. The first-order valence-electron chi connectivity index (χ1n) is 6.76. The van der Waals surface area contributed by atoms with Crippen LogP contribution in [0.4, 0.5) is 4.39 Å². The van der Waals surface area contributed by atoms with Gasteiger partial charge in [0.1, 0.15) is 5.82 Å². The summed E-state index contributed by atoms with van der Waals surface area (Å²) in [4.78, 5) is 3.98. The van der Waals surface area contributed by atoms with Crippen molar-refractivity contribution in [2.45, 2.75) is 25.8 Å². The molecule has 0 bridgehead atoms. The number of nitrogens with one attached hydrogen (secondary N) is 1. The molecular weight excluding hydrogens is 275 g/mol. The third kappa shape index (κ3) is 4.02. The van der Waals surface area contributed by atoms with Gasteiger partial charge in [-0.25, -0.2) is 4.39 Å². The first-order chi connectivity index (χ1) is 9.70. The Morgan fingerprint density at radius 2 is 1.95 bits per heavy atom. The van der Waals surface area contributed by atoms with Crippen LogP contribution in [-0.4, -0.2) is 17.6 Å². The van der Waals surface area contributed by atoms with E-state index >= 15 is 0 Å². The molecule has 1 N–H and O–H groups in total. The lowest BCUT2D eigenvalue weighted by molar-refractivity contribution is 0.506. The topological polar surface area (TPSA) is 24.9 Å². The van der Waals surface area contributed by atoms with Crippen LogP contribution in [0.2, 0.25) is 5.02 Å². The molecule has 1 aromatic heterocycles. The van der Waals surface area contributed by atoms with Gasteiger partial charge in [-0.15, -0.1) is 0 Å². The zero-order chi connectivity index (χ0) is 14.4. The highest BCUT2D eigenvalue weighted by Crippen LogP contribution is 2.18. The highest BCUT2D eigenvalue weighted by molar-refractivity contribution is 6.31. The van der Waals surface area contributed by atoms with Gasteiger partial charge < -0.3 is 5.32 Å². The number of nitrogens with zero attached hydrogens (tertiary/aromatic N) is 1. The van der Waals surface area contributed by atoms with Gasteiger partial charge in [0.2, 0.25) is 0 Å². The first kappa shape index (κ1) is 14.9. The van der Waals surface area contributed by atoms with Crippen molar-refractivity contribution in [3.05, 3.63) is 64.7 Å². The van der Waals surface area contributed by atoms with Crippen LogP contribution in [0.15, 0.2) is 42.7 Å². The van der Waals surface area contributed by atoms with Gasteiger partial charge in [-0.2, -0.15) is 0 Å². The number of benzene rings is 1. The van der Waals surface area contributed by atoms with Gasteiger partial charge in [0.25, 0.3) is 0 Å². The van der Waals surface area contributed by atoms with E-state index < -0.39 is 0 Å². The van der Waals surface area contributed by atoms with Crippen molar-refractivity contribution in [1.29, 1.82) is 0 Å². The Labute approximate surface area is 124 Å². The lowest BCUT2D eigenvalue weighted by Crippen LogP contribution is -2.33. The first-order valence-corrected chi connectivity index (χ1v) is 7.13. The maximum Gasteiger partial charge on any atom is 0.126 e. The Morgan fingerprint density at radius 3 is 2.65 bits per heavy atom.